The van der Waals surface area contributed by atoms with E-state index in [1.165, 1.54) is 0 Å². The molecule has 0 saturated carbocycles. The minimum atomic E-state index is -4.20. The molecule has 0 bridgehead atoms. The first-order valence-corrected chi connectivity index (χ1v) is 14.4. The molecule has 1 unspecified atom stereocenters. The molecule has 212 valence electrons. The summed E-state index contributed by atoms with van der Waals surface area (Å²) in [6.07, 6.45) is 3.43. The Morgan fingerprint density at radius 3 is 2.40 bits per heavy atom. The first kappa shape index (κ1) is 29.0. The zero-order chi connectivity index (χ0) is 29.2. The van der Waals surface area contributed by atoms with Crippen molar-refractivity contribution < 1.29 is 18.3 Å². The maximum Gasteiger partial charge on any atom is 0.322 e. The second-order valence-corrected chi connectivity index (χ2v) is 11.6. The number of aliphatic imine (C=N–C) groups is 1. The number of H-pyrrole nitrogens is 1. The van der Waals surface area contributed by atoms with Crippen LogP contribution in [0.15, 0.2) is 39.0 Å². The number of hydrogen-bond donors (Lipinski definition) is 5. The van der Waals surface area contributed by atoms with E-state index >= 15 is 0 Å². The third kappa shape index (κ3) is 6.07. The summed E-state index contributed by atoms with van der Waals surface area (Å²) in [5, 5.41) is 16.5. The molecule has 3 aromatic rings. The molecule has 5 N–H and O–H groups in total. The highest BCUT2D eigenvalue weighted by Gasteiger charge is 2.30. The van der Waals surface area contributed by atoms with E-state index < -0.39 is 27.6 Å². The summed E-state index contributed by atoms with van der Waals surface area (Å²) >= 11 is 0. The van der Waals surface area contributed by atoms with E-state index in [2.05, 4.69) is 30.3 Å². The standard InChI is InChI=1S/C28H34N6O5S/c1-15-16(2)18(4)25(19(5)17(15)3)40(38,39)34-23(27(36)37)14-24-32-22-9-8-20(13-21(22)26(35)33-24)7-6-10-29-28-30-11-12-31-28/h6-9,13,23,34H,10-12,14H2,1-5H3,(H,36,37)(H2,29,30,31)(H,32,33,35)/b7-6+. The maximum absolute atomic E-state index is 13.4. The number of sulfonamides is 1. The average molecular weight is 567 g/mol. The van der Waals surface area contributed by atoms with Gasteiger partial charge in [-0.15, -0.1) is 0 Å². The molecule has 0 aliphatic carbocycles. The van der Waals surface area contributed by atoms with Gasteiger partial charge in [0.2, 0.25) is 10.0 Å². The van der Waals surface area contributed by atoms with Gasteiger partial charge in [-0.1, -0.05) is 18.2 Å². The Morgan fingerprint density at radius 2 is 1.77 bits per heavy atom. The van der Waals surface area contributed by atoms with E-state index in [1.54, 1.807) is 32.0 Å². The van der Waals surface area contributed by atoms with Gasteiger partial charge in [0, 0.05) is 19.5 Å². The summed E-state index contributed by atoms with van der Waals surface area (Å²) in [6.45, 7) is 11.2. The van der Waals surface area contributed by atoms with Crippen molar-refractivity contribution in [2.24, 2.45) is 4.99 Å². The summed E-state index contributed by atoms with van der Waals surface area (Å²) < 4.78 is 29.1. The van der Waals surface area contributed by atoms with Crippen molar-refractivity contribution in [1.29, 1.82) is 0 Å². The van der Waals surface area contributed by atoms with Crippen LogP contribution in [0.1, 0.15) is 39.2 Å². The zero-order valence-electron chi connectivity index (χ0n) is 23.2. The Morgan fingerprint density at radius 1 is 1.10 bits per heavy atom. The number of nitrogens with zero attached hydrogens (tertiary/aromatic N) is 2. The second kappa shape index (κ2) is 11.6. The number of carboxylic acids is 1. The van der Waals surface area contributed by atoms with Crippen molar-refractivity contribution in [3.8, 4) is 0 Å². The van der Waals surface area contributed by atoms with Crippen molar-refractivity contribution in [3.05, 3.63) is 73.8 Å². The highest BCUT2D eigenvalue weighted by atomic mass is 32.2. The van der Waals surface area contributed by atoms with Crippen LogP contribution >= 0.6 is 0 Å². The number of rotatable bonds is 9. The number of carboxylic acid groups (broad SMARTS) is 1. The van der Waals surface area contributed by atoms with Crippen molar-refractivity contribution in [2.45, 2.75) is 52.0 Å². The predicted octanol–water partition coefficient (Wildman–Crippen LogP) is 2.00. The zero-order valence-corrected chi connectivity index (χ0v) is 24.0. The summed E-state index contributed by atoms with van der Waals surface area (Å²) in [5.74, 6) is -0.558. The summed E-state index contributed by atoms with van der Waals surface area (Å²) in [5.41, 5.74) is 4.53. The molecular formula is C28H34N6O5S. The molecule has 1 aliphatic rings. The number of hydrogen-bond acceptors (Lipinski definition) is 8. The van der Waals surface area contributed by atoms with Crippen molar-refractivity contribution >= 4 is 38.9 Å². The lowest BCUT2D eigenvalue weighted by Crippen LogP contribution is -2.43. The molecule has 2 aromatic carbocycles. The molecule has 11 nitrogen and oxygen atoms in total. The van der Waals surface area contributed by atoms with Crippen LogP contribution in [-0.4, -0.2) is 61.1 Å². The van der Waals surface area contributed by atoms with Crippen molar-refractivity contribution in [2.75, 3.05) is 19.6 Å². The first-order valence-electron chi connectivity index (χ1n) is 12.9. The SMILES string of the molecule is Cc1c(C)c(C)c(S(=O)(=O)NC(Cc2nc3ccc(/C=C/CNC4=NCCN4)cc3c(=O)[nH]2)C(=O)O)c(C)c1C. The van der Waals surface area contributed by atoms with Gasteiger partial charge in [0.05, 0.1) is 22.3 Å². The van der Waals surface area contributed by atoms with Crippen molar-refractivity contribution in [1.82, 2.24) is 25.3 Å². The fraction of sp³-hybridized carbons (Fsp3) is 0.357. The van der Waals surface area contributed by atoms with Gasteiger partial charge >= 0.3 is 5.97 Å². The van der Waals surface area contributed by atoms with Crippen LogP contribution in [0.4, 0.5) is 0 Å². The normalized spacial score (nSPS) is 14.4. The molecule has 0 radical (unpaired) electrons. The van der Waals surface area contributed by atoms with Crippen molar-refractivity contribution in [3.63, 3.8) is 0 Å². The van der Waals surface area contributed by atoms with Crippen LogP contribution in [0.5, 0.6) is 0 Å². The summed E-state index contributed by atoms with van der Waals surface area (Å²) in [6, 6.07) is 3.62. The lowest BCUT2D eigenvalue weighted by molar-refractivity contribution is -0.139. The largest absolute Gasteiger partial charge is 0.480 e. The number of aliphatic carboxylic acids is 1. The Balaban J connectivity index is 1.55. The van der Waals surface area contributed by atoms with Crippen LogP contribution < -0.4 is 20.9 Å². The monoisotopic (exact) mass is 566 g/mol. The van der Waals surface area contributed by atoms with Gasteiger partial charge in [0.25, 0.3) is 5.56 Å². The van der Waals surface area contributed by atoms with Crippen LogP contribution in [0, 0.1) is 34.6 Å². The van der Waals surface area contributed by atoms with Gasteiger partial charge in [0.15, 0.2) is 5.96 Å². The van der Waals surface area contributed by atoms with E-state index in [1.807, 2.05) is 32.9 Å². The van der Waals surface area contributed by atoms with Gasteiger partial charge < -0.3 is 20.7 Å². The van der Waals surface area contributed by atoms with Gasteiger partial charge in [-0.25, -0.2) is 13.4 Å². The minimum Gasteiger partial charge on any atom is -0.480 e. The number of carbonyl (C=O) groups is 1. The molecule has 1 aliphatic heterocycles. The van der Waals surface area contributed by atoms with Gasteiger partial charge in [0.1, 0.15) is 11.9 Å². The molecule has 12 heteroatoms. The molecule has 40 heavy (non-hydrogen) atoms. The smallest absolute Gasteiger partial charge is 0.322 e. The third-order valence-electron chi connectivity index (χ3n) is 7.34. The Bertz CT molecular complexity index is 1680. The molecule has 1 atom stereocenters. The van der Waals surface area contributed by atoms with Crippen LogP contribution in [-0.2, 0) is 21.2 Å². The van der Waals surface area contributed by atoms with E-state index in [-0.39, 0.29) is 17.1 Å². The molecule has 1 aromatic heterocycles. The molecule has 0 spiro atoms. The first-order chi connectivity index (χ1) is 18.9. The quantitative estimate of drug-likeness (QED) is 0.262. The number of guanidine groups is 1. The number of benzene rings is 2. The molecule has 4 rings (SSSR count). The predicted molar refractivity (Wildman–Crippen MR) is 155 cm³/mol. The Labute approximate surface area is 232 Å². The maximum atomic E-state index is 13.4. The summed E-state index contributed by atoms with van der Waals surface area (Å²) in [7, 11) is -4.20. The van der Waals surface area contributed by atoms with Crippen LogP contribution in [0.25, 0.3) is 17.0 Å². The lowest BCUT2D eigenvalue weighted by atomic mass is 9.95. The third-order valence-corrected chi connectivity index (χ3v) is 9.09. The summed E-state index contributed by atoms with van der Waals surface area (Å²) in [4.78, 5) is 36.3. The van der Waals surface area contributed by atoms with E-state index in [4.69, 9.17) is 0 Å². The molecular weight excluding hydrogens is 532 g/mol. The Hall–Kier alpha value is -4.03. The number of aromatic amines is 1. The molecule has 2 heterocycles. The molecule has 0 saturated heterocycles. The fourth-order valence-corrected chi connectivity index (χ4v) is 6.55. The second-order valence-electron chi connectivity index (χ2n) is 9.90. The number of fused-ring (bicyclic) bond motifs is 1. The average Bonchev–Trinajstić information content (AvgIpc) is 3.42. The van der Waals surface area contributed by atoms with Gasteiger partial charge in [-0.2, -0.15) is 4.72 Å². The fourth-order valence-electron chi connectivity index (χ4n) is 4.76. The number of nitrogens with one attached hydrogen (secondary N) is 4. The van der Waals surface area contributed by atoms with Crippen LogP contribution in [0.2, 0.25) is 0 Å². The van der Waals surface area contributed by atoms with Crippen LogP contribution in [0.3, 0.4) is 0 Å². The number of aromatic nitrogens is 2. The van der Waals surface area contributed by atoms with E-state index in [0.717, 1.165) is 41.3 Å². The minimum absolute atomic E-state index is 0.0645. The molecule has 0 amide bonds. The highest BCUT2D eigenvalue weighted by molar-refractivity contribution is 7.89. The topological polar surface area (TPSA) is 166 Å². The van der Waals surface area contributed by atoms with Gasteiger partial charge in [-0.05, 0) is 80.1 Å². The van der Waals surface area contributed by atoms with E-state index in [9.17, 15) is 23.1 Å². The van der Waals surface area contributed by atoms with Gasteiger partial charge in [-0.3, -0.25) is 14.6 Å². The Kier molecular flexibility index (Phi) is 8.40. The van der Waals surface area contributed by atoms with E-state index in [0.29, 0.717) is 28.6 Å². The molecule has 0 fully saturated rings. The highest BCUT2D eigenvalue weighted by Crippen LogP contribution is 2.29. The lowest BCUT2D eigenvalue weighted by Gasteiger charge is -2.21.